The summed E-state index contributed by atoms with van der Waals surface area (Å²) in [6.45, 7) is 6.07. The molecular weight excluding hydrogens is 256 g/mol. The molecule has 1 fully saturated rings. The van der Waals surface area contributed by atoms with E-state index < -0.39 is 0 Å². The fourth-order valence-electron chi connectivity index (χ4n) is 2.69. The van der Waals surface area contributed by atoms with Crippen molar-refractivity contribution in [1.29, 1.82) is 0 Å². The number of hydrogen-bond donors (Lipinski definition) is 1. The number of nitrogens with zero attached hydrogens (tertiary/aromatic N) is 1. The van der Waals surface area contributed by atoms with Gasteiger partial charge >= 0.3 is 5.69 Å². The lowest BCUT2D eigenvalue weighted by atomic mass is 10.1. The smallest absolute Gasteiger partial charge is 0.310 e. The normalized spacial score (nSPS) is 16.1. The van der Waals surface area contributed by atoms with E-state index >= 15 is 0 Å². The second-order valence-electron chi connectivity index (χ2n) is 5.49. The number of piperidine rings is 1. The fraction of sp³-hybridized carbons (Fsp3) is 0.600. The Morgan fingerprint density at radius 3 is 2.75 bits per heavy atom. The summed E-state index contributed by atoms with van der Waals surface area (Å²) in [4.78, 5) is 12.2. The molecule has 0 saturated carbocycles. The van der Waals surface area contributed by atoms with Gasteiger partial charge in [-0.15, -0.1) is 0 Å². The summed E-state index contributed by atoms with van der Waals surface area (Å²) in [5.74, 6) is 0.392. The lowest BCUT2D eigenvalue weighted by Gasteiger charge is -2.23. The van der Waals surface area contributed by atoms with Crippen LogP contribution in [0.15, 0.2) is 18.2 Å². The third-order valence-electron chi connectivity index (χ3n) is 3.80. The first-order valence-corrected chi connectivity index (χ1v) is 7.38. The zero-order chi connectivity index (χ0) is 14.4. The summed E-state index contributed by atoms with van der Waals surface area (Å²) < 4.78 is 5.62. The highest BCUT2D eigenvalue weighted by molar-refractivity contribution is 5.48. The van der Waals surface area contributed by atoms with Crippen LogP contribution in [0.4, 0.5) is 5.69 Å². The van der Waals surface area contributed by atoms with Gasteiger partial charge in [0.25, 0.3) is 0 Å². The molecule has 1 aromatic rings. The average molecular weight is 279 g/mol. The predicted molar refractivity (Wildman–Crippen MR) is 77.4 cm³/mol. The van der Waals surface area contributed by atoms with Crippen molar-refractivity contribution < 1.29 is 14.6 Å². The SMILES string of the molecule is Cc1ccc([N+](=O)[O-])c(OCCC[NH+]2CCCCC2)c1. The van der Waals surface area contributed by atoms with E-state index in [4.69, 9.17) is 4.74 Å². The van der Waals surface area contributed by atoms with Gasteiger partial charge in [-0.3, -0.25) is 10.1 Å². The van der Waals surface area contributed by atoms with Crippen LogP contribution in [0.2, 0.25) is 0 Å². The Kier molecular flexibility index (Phi) is 5.35. The van der Waals surface area contributed by atoms with E-state index in [9.17, 15) is 10.1 Å². The number of likely N-dealkylation sites (tertiary alicyclic amines) is 1. The highest BCUT2D eigenvalue weighted by Crippen LogP contribution is 2.27. The Hall–Kier alpha value is -1.62. The fourth-order valence-corrected chi connectivity index (χ4v) is 2.69. The van der Waals surface area contributed by atoms with Crippen LogP contribution >= 0.6 is 0 Å². The number of rotatable bonds is 6. The molecule has 1 heterocycles. The van der Waals surface area contributed by atoms with Crippen LogP contribution in [0, 0.1) is 17.0 Å². The van der Waals surface area contributed by atoms with E-state index in [1.165, 1.54) is 38.4 Å². The second-order valence-corrected chi connectivity index (χ2v) is 5.49. The standard InChI is InChI=1S/C15H22N2O3/c1-13-6-7-14(17(18)19)15(12-13)20-11-5-10-16-8-3-2-4-9-16/h6-7,12H,2-5,8-11H2,1H3/p+1. The van der Waals surface area contributed by atoms with Gasteiger partial charge in [-0.2, -0.15) is 0 Å². The van der Waals surface area contributed by atoms with Crippen LogP contribution < -0.4 is 9.64 Å². The topological polar surface area (TPSA) is 56.8 Å². The first-order chi connectivity index (χ1) is 9.66. The molecule has 0 bridgehead atoms. The third-order valence-corrected chi connectivity index (χ3v) is 3.80. The van der Waals surface area contributed by atoms with Crippen LogP contribution in [0.3, 0.4) is 0 Å². The molecular formula is C15H23N2O3+. The van der Waals surface area contributed by atoms with Crippen molar-refractivity contribution in [1.82, 2.24) is 0 Å². The second kappa shape index (κ2) is 7.24. The van der Waals surface area contributed by atoms with Crippen molar-refractivity contribution in [3.05, 3.63) is 33.9 Å². The maximum Gasteiger partial charge on any atom is 0.310 e. The highest BCUT2D eigenvalue weighted by atomic mass is 16.6. The minimum absolute atomic E-state index is 0.0564. The van der Waals surface area contributed by atoms with E-state index in [-0.39, 0.29) is 10.6 Å². The number of nitro benzene ring substituents is 1. The zero-order valence-electron chi connectivity index (χ0n) is 12.1. The molecule has 1 N–H and O–H groups in total. The molecule has 2 rings (SSSR count). The van der Waals surface area contributed by atoms with Gasteiger partial charge in [-0.25, -0.2) is 0 Å². The summed E-state index contributed by atoms with van der Waals surface area (Å²) in [5.41, 5.74) is 1.04. The molecule has 1 aromatic carbocycles. The molecule has 0 amide bonds. The van der Waals surface area contributed by atoms with Gasteiger partial charge in [0.05, 0.1) is 31.2 Å². The monoisotopic (exact) mass is 279 g/mol. The van der Waals surface area contributed by atoms with Gasteiger partial charge in [0.2, 0.25) is 0 Å². The van der Waals surface area contributed by atoms with Crippen LogP contribution in [-0.2, 0) is 0 Å². The van der Waals surface area contributed by atoms with Crippen LogP contribution in [0.1, 0.15) is 31.2 Å². The van der Waals surface area contributed by atoms with Gasteiger partial charge in [0.1, 0.15) is 0 Å². The third kappa shape index (κ3) is 4.20. The average Bonchev–Trinajstić information content (AvgIpc) is 2.44. The van der Waals surface area contributed by atoms with E-state index in [0.717, 1.165) is 18.5 Å². The van der Waals surface area contributed by atoms with Crippen LogP contribution in [0.5, 0.6) is 5.75 Å². The predicted octanol–water partition coefficient (Wildman–Crippen LogP) is 1.74. The molecule has 0 atom stereocenters. The number of nitro groups is 1. The zero-order valence-corrected chi connectivity index (χ0v) is 12.1. The molecule has 1 saturated heterocycles. The molecule has 1 aliphatic rings. The van der Waals surface area contributed by atoms with Gasteiger partial charge in [0, 0.05) is 12.5 Å². The molecule has 110 valence electrons. The Morgan fingerprint density at radius 2 is 2.05 bits per heavy atom. The first-order valence-electron chi connectivity index (χ1n) is 7.38. The molecule has 0 aromatic heterocycles. The maximum atomic E-state index is 10.9. The van der Waals surface area contributed by atoms with Gasteiger partial charge in [-0.05, 0) is 37.8 Å². The first kappa shape index (κ1) is 14.8. The molecule has 0 aliphatic carbocycles. The summed E-state index contributed by atoms with van der Waals surface area (Å²) in [6, 6.07) is 5.00. The molecule has 0 unspecified atom stereocenters. The number of aryl methyl sites for hydroxylation is 1. The maximum absolute atomic E-state index is 10.9. The molecule has 0 radical (unpaired) electrons. The van der Waals surface area contributed by atoms with Crippen LogP contribution in [-0.4, -0.2) is 31.2 Å². The molecule has 0 spiro atoms. The Bertz CT molecular complexity index is 456. The Morgan fingerprint density at radius 1 is 1.30 bits per heavy atom. The summed E-state index contributed by atoms with van der Waals surface area (Å²) in [7, 11) is 0. The van der Waals surface area contributed by atoms with Crippen molar-refractivity contribution in [2.24, 2.45) is 0 Å². The number of hydrogen-bond acceptors (Lipinski definition) is 3. The van der Waals surface area contributed by atoms with Crippen molar-refractivity contribution in [2.45, 2.75) is 32.6 Å². The number of ether oxygens (including phenoxy) is 1. The highest BCUT2D eigenvalue weighted by Gasteiger charge is 2.16. The Balaban J connectivity index is 1.81. The Labute approximate surface area is 119 Å². The van der Waals surface area contributed by atoms with E-state index in [1.807, 2.05) is 6.92 Å². The summed E-state index contributed by atoms with van der Waals surface area (Å²) in [5, 5.41) is 10.9. The van der Waals surface area contributed by atoms with Crippen molar-refractivity contribution >= 4 is 5.69 Å². The van der Waals surface area contributed by atoms with Gasteiger partial charge in [0.15, 0.2) is 5.75 Å². The van der Waals surface area contributed by atoms with Gasteiger partial charge in [-0.1, -0.05) is 6.07 Å². The molecule has 5 nitrogen and oxygen atoms in total. The number of quaternary nitrogens is 1. The molecule has 20 heavy (non-hydrogen) atoms. The lowest BCUT2D eigenvalue weighted by molar-refractivity contribution is -0.905. The lowest BCUT2D eigenvalue weighted by Crippen LogP contribution is -3.12. The largest absolute Gasteiger partial charge is 0.487 e. The minimum atomic E-state index is -0.384. The van der Waals surface area contributed by atoms with Gasteiger partial charge < -0.3 is 9.64 Å². The minimum Gasteiger partial charge on any atom is -0.487 e. The van der Waals surface area contributed by atoms with E-state index in [2.05, 4.69) is 0 Å². The number of nitrogens with one attached hydrogen (secondary N) is 1. The number of benzene rings is 1. The molecule has 5 heteroatoms. The van der Waals surface area contributed by atoms with E-state index in [0.29, 0.717) is 12.4 Å². The summed E-state index contributed by atoms with van der Waals surface area (Å²) >= 11 is 0. The van der Waals surface area contributed by atoms with Crippen molar-refractivity contribution in [3.8, 4) is 5.75 Å². The van der Waals surface area contributed by atoms with Crippen LogP contribution in [0.25, 0.3) is 0 Å². The van der Waals surface area contributed by atoms with Crippen molar-refractivity contribution in [2.75, 3.05) is 26.2 Å². The summed E-state index contributed by atoms with van der Waals surface area (Å²) in [6.07, 6.45) is 4.94. The quantitative estimate of drug-likeness (QED) is 0.490. The molecule has 1 aliphatic heterocycles. The van der Waals surface area contributed by atoms with Crippen molar-refractivity contribution in [3.63, 3.8) is 0 Å². The van der Waals surface area contributed by atoms with E-state index in [1.54, 1.807) is 17.0 Å².